The second-order valence-corrected chi connectivity index (χ2v) is 13.4. The third-order valence-electron chi connectivity index (χ3n) is 8.63. The van der Waals surface area contributed by atoms with Gasteiger partial charge in [0, 0.05) is 53.9 Å². The molecule has 1 fully saturated rings. The molecule has 242 valence electrons. The number of hydrogen-bond donors (Lipinski definition) is 3. The summed E-state index contributed by atoms with van der Waals surface area (Å²) in [5, 5.41) is 15.6. The molecule has 10 heteroatoms. The van der Waals surface area contributed by atoms with Gasteiger partial charge in [0.15, 0.2) is 0 Å². The number of carboxylic acid groups (broad SMARTS) is 1. The second-order valence-electron chi connectivity index (χ2n) is 12.3. The van der Waals surface area contributed by atoms with E-state index in [1.54, 1.807) is 35.5 Å². The molecule has 2 aromatic carbocycles. The number of thiophene rings is 1. The molecule has 2 heterocycles. The Morgan fingerprint density at radius 1 is 0.851 bits per heavy atom. The quantitative estimate of drug-likeness (QED) is 0.145. The van der Waals surface area contributed by atoms with Crippen molar-refractivity contribution in [1.29, 1.82) is 0 Å². The van der Waals surface area contributed by atoms with E-state index < -0.39 is 5.97 Å². The molecule has 0 radical (unpaired) electrons. The number of carbonyl (C=O) groups is 4. The fraction of sp³-hybridized carbons (Fsp3) is 0.324. The number of benzene rings is 2. The minimum absolute atomic E-state index is 0.0364. The van der Waals surface area contributed by atoms with Crippen LogP contribution in [0.2, 0.25) is 0 Å². The molecule has 0 spiro atoms. The van der Waals surface area contributed by atoms with Gasteiger partial charge in [-0.15, -0.1) is 11.3 Å². The van der Waals surface area contributed by atoms with Crippen molar-refractivity contribution in [2.45, 2.75) is 76.8 Å². The molecule has 0 atom stereocenters. The summed E-state index contributed by atoms with van der Waals surface area (Å²) in [7, 11) is 0. The van der Waals surface area contributed by atoms with Gasteiger partial charge in [0.2, 0.25) is 5.91 Å². The zero-order valence-corrected chi connectivity index (χ0v) is 27.0. The lowest BCUT2D eigenvalue weighted by atomic mass is 9.95. The first-order valence-electron chi connectivity index (χ1n) is 16.2. The van der Waals surface area contributed by atoms with Crippen LogP contribution in [-0.4, -0.2) is 44.7 Å². The van der Waals surface area contributed by atoms with Crippen LogP contribution in [-0.2, 0) is 35.4 Å². The maximum Gasteiger partial charge on any atom is 0.303 e. The maximum atomic E-state index is 13.8. The van der Waals surface area contributed by atoms with Gasteiger partial charge in [-0.2, -0.15) is 0 Å². The number of carbonyl (C=O) groups excluding carboxylic acids is 3. The number of aromatic nitrogens is 1. The number of aryl methyl sites for hydroxylation is 1. The minimum Gasteiger partial charge on any atom is -0.481 e. The Bertz CT molecular complexity index is 1770. The van der Waals surface area contributed by atoms with Crippen LogP contribution in [0.25, 0.3) is 0 Å². The molecule has 2 aromatic heterocycles. The molecule has 0 saturated heterocycles. The van der Waals surface area contributed by atoms with Gasteiger partial charge in [-0.3, -0.25) is 24.2 Å². The SMILES string of the molecule is O=C(O)CCCC(=O)N(Cc1cccc(C(=O)Nc2sc3c(c2C(=O)Nc2ccc(Cc4ccncc4)cc2)CCCC3)c1)C1CC1. The fourth-order valence-electron chi connectivity index (χ4n) is 6.05. The van der Waals surface area contributed by atoms with Crippen LogP contribution in [0.5, 0.6) is 0 Å². The summed E-state index contributed by atoms with van der Waals surface area (Å²) in [5.74, 6) is -1.53. The van der Waals surface area contributed by atoms with E-state index in [1.165, 1.54) is 11.3 Å². The summed E-state index contributed by atoms with van der Waals surface area (Å²) >= 11 is 1.48. The van der Waals surface area contributed by atoms with E-state index in [-0.39, 0.29) is 36.6 Å². The van der Waals surface area contributed by atoms with Gasteiger partial charge in [-0.1, -0.05) is 24.3 Å². The average molecular weight is 651 g/mol. The van der Waals surface area contributed by atoms with Crippen molar-refractivity contribution in [3.05, 3.63) is 111 Å². The number of aliphatic carboxylic acids is 1. The van der Waals surface area contributed by atoms with Crippen molar-refractivity contribution in [2.24, 2.45) is 0 Å². The Morgan fingerprint density at radius 3 is 2.34 bits per heavy atom. The summed E-state index contributed by atoms with van der Waals surface area (Å²) in [6, 6.07) is 19.1. The minimum atomic E-state index is -0.909. The predicted octanol–water partition coefficient (Wildman–Crippen LogP) is 6.86. The van der Waals surface area contributed by atoms with Crippen molar-refractivity contribution in [1.82, 2.24) is 9.88 Å². The molecule has 4 aromatic rings. The third kappa shape index (κ3) is 8.31. The smallest absolute Gasteiger partial charge is 0.303 e. The summed E-state index contributed by atoms with van der Waals surface area (Å²) < 4.78 is 0. The van der Waals surface area contributed by atoms with Crippen LogP contribution in [0.1, 0.15) is 92.8 Å². The van der Waals surface area contributed by atoms with E-state index in [1.807, 2.05) is 42.5 Å². The zero-order valence-electron chi connectivity index (χ0n) is 26.2. The molecule has 2 aliphatic carbocycles. The van der Waals surface area contributed by atoms with E-state index in [0.717, 1.165) is 72.1 Å². The van der Waals surface area contributed by atoms with E-state index in [0.29, 0.717) is 34.8 Å². The zero-order chi connectivity index (χ0) is 32.8. The fourth-order valence-corrected chi connectivity index (χ4v) is 7.34. The number of nitrogens with zero attached hydrogens (tertiary/aromatic N) is 2. The maximum absolute atomic E-state index is 13.8. The molecule has 0 unspecified atom stereocenters. The summed E-state index contributed by atoms with van der Waals surface area (Å²) in [4.78, 5) is 58.2. The monoisotopic (exact) mass is 650 g/mol. The first-order valence-corrected chi connectivity index (χ1v) is 17.0. The highest BCUT2D eigenvalue weighted by Gasteiger charge is 2.32. The van der Waals surface area contributed by atoms with Crippen LogP contribution < -0.4 is 10.6 Å². The second kappa shape index (κ2) is 14.7. The van der Waals surface area contributed by atoms with Gasteiger partial charge in [-0.25, -0.2) is 0 Å². The lowest BCUT2D eigenvalue weighted by molar-refractivity contribution is -0.137. The van der Waals surface area contributed by atoms with Gasteiger partial charge in [0.25, 0.3) is 11.8 Å². The number of carboxylic acids is 1. The molecular formula is C37H38N4O5S. The van der Waals surface area contributed by atoms with Gasteiger partial charge in [-0.05, 0) is 110 Å². The predicted molar refractivity (Wildman–Crippen MR) is 182 cm³/mol. The molecule has 3 amide bonds. The molecule has 9 nitrogen and oxygen atoms in total. The Kier molecular flexibility index (Phi) is 10.1. The molecule has 3 N–H and O–H groups in total. The number of nitrogens with one attached hydrogen (secondary N) is 2. The summed E-state index contributed by atoms with van der Waals surface area (Å²) in [5.41, 5.74) is 5.79. The highest BCUT2D eigenvalue weighted by molar-refractivity contribution is 7.17. The highest BCUT2D eigenvalue weighted by atomic mass is 32.1. The highest BCUT2D eigenvalue weighted by Crippen LogP contribution is 2.39. The Morgan fingerprint density at radius 2 is 1.60 bits per heavy atom. The molecule has 47 heavy (non-hydrogen) atoms. The molecule has 0 bridgehead atoms. The lowest BCUT2D eigenvalue weighted by Gasteiger charge is -2.23. The van der Waals surface area contributed by atoms with Crippen molar-refractivity contribution >= 4 is 45.7 Å². The van der Waals surface area contributed by atoms with Crippen molar-refractivity contribution in [3.8, 4) is 0 Å². The molecular weight excluding hydrogens is 612 g/mol. The number of fused-ring (bicyclic) bond motifs is 1. The first kappa shape index (κ1) is 32.1. The molecule has 1 saturated carbocycles. The number of rotatable bonds is 13. The first-order chi connectivity index (χ1) is 22.8. The van der Waals surface area contributed by atoms with Crippen LogP contribution in [0, 0.1) is 0 Å². The Labute approximate surface area is 278 Å². The molecule has 6 rings (SSSR count). The number of pyridine rings is 1. The summed E-state index contributed by atoms with van der Waals surface area (Å²) in [6.07, 6.45) is 10.4. The lowest BCUT2D eigenvalue weighted by Crippen LogP contribution is -2.32. The van der Waals surface area contributed by atoms with Crippen LogP contribution in [0.3, 0.4) is 0 Å². The Hall–Kier alpha value is -4.83. The van der Waals surface area contributed by atoms with E-state index >= 15 is 0 Å². The van der Waals surface area contributed by atoms with Crippen molar-refractivity contribution in [3.63, 3.8) is 0 Å². The van der Waals surface area contributed by atoms with Gasteiger partial charge in [0.1, 0.15) is 5.00 Å². The van der Waals surface area contributed by atoms with Crippen molar-refractivity contribution < 1.29 is 24.3 Å². The van der Waals surface area contributed by atoms with E-state index in [9.17, 15) is 19.2 Å². The standard InChI is InChI=1S/C37H38N4O5S/c42-32(9-4-10-33(43)44)41(29-15-16-29)23-26-5-3-6-27(22-26)35(45)40-37-34(30-7-1-2-8-31(30)47-37)36(46)39-28-13-11-24(12-14-28)21-25-17-19-38-20-18-25/h3,5-6,11-14,17-20,22,29H,1-2,4,7-10,15-16,21,23H2,(H,39,46)(H,40,45)(H,43,44). The number of amides is 3. The van der Waals surface area contributed by atoms with Gasteiger partial charge in [0.05, 0.1) is 5.56 Å². The van der Waals surface area contributed by atoms with Gasteiger partial charge < -0.3 is 20.6 Å². The molecule has 2 aliphatic rings. The largest absolute Gasteiger partial charge is 0.481 e. The third-order valence-corrected chi connectivity index (χ3v) is 9.83. The van der Waals surface area contributed by atoms with Crippen molar-refractivity contribution in [2.75, 3.05) is 10.6 Å². The summed E-state index contributed by atoms with van der Waals surface area (Å²) in [6.45, 7) is 0.361. The Balaban J connectivity index is 1.15. The van der Waals surface area contributed by atoms with Gasteiger partial charge >= 0.3 is 5.97 Å². The van der Waals surface area contributed by atoms with Crippen LogP contribution >= 0.6 is 11.3 Å². The normalized spacial score (nSPS) is 13.8. The number of anilines is 2. The average Bonchev–Trinajstić information content (AvgIpc) is 3.85. The van der Waals surface area contributed by atoms with Crippen LogP contribution in [0.15, 0.2) is 73.1 Å². The van der Waals surface area contributed by atoms with Crippen LogP contribution in [0.4, 0.5) is 10.7 Å². The van der Waals surface area contributed by atoms with E-state index in [4.69, 9.17) is 5.11 Å². The van der Waals surface area contributed by atoms with E-state index in [2.05, 4.69) is 15.6 Å². The number of hydrogen-bond acceptors (Lipinski definition) is 6. The topological polar surface area (TPSA) is 129 Å². The molecule has 0 aliphatic heterocycles.